The van der Waals surface area contributed by atoms with E-state index >= 15 is 0 Å². The monoisotopic (exact) mass is 198 g/mol. The van der Waals surface area contributed by atoms with Crippen molar-refractivity contribution in [3.8, 4) is 0 Å². The van der Waals surface area contributed by atoms with Crippen molar-refractivity contribution in [1.29, 1.82) is 0 Å². The van der Waals surface area contributed by atoms with Gasteiger partial charge in [0.15, 0.2) is 0 Å². The molecule has 0 bridgehead atoms. The van der Waals surface area contributed by atoms with Crippen LogP contribution in [-0.2, 0) is 0 Å². The van der Waals surface area contributed by atoms with E-state index < -0.39 is 0 Å². The zero-order chi connectivity index (χ0) is 10.2. The van der Waals surface area contributed by atoms with Crippen LogP contribution in [0.25, 0.3) is 0 Å². The van der Waals surface area contributed by atoms with Crippen LogP contribution in [0, 0.1) is 0 Å². The topological polar surface area (TPSA) is 15.3 Å². The third-order valence-electron chi connectivity index (χ3n) is 3.19. The molecule has 1 unspecified atom stereocenters. The molecule has 0 aromatic carbocycles. The summed E-state index contributed by atoms with van der Waals surface area (Å²) in [6.07, 6.45) is 7.01. The van der Waals surface area contributed by atoms with Gasteiger partial charge in [0.05, 0.1) is 0 Å². The lowest BCUT2D eigenvalue weighted by Gasteiger charge is -2.33. The fourth-order valence-electron chi connectivity index (χ4n) is 2.13. The summed E-state index contributed by atoms with van der Waals surface area (Å²) in [6, 6.07) is 0.745. The minimum atomic E-state index is 0.745. The maximum Gasteiger partial charge on any atom is 0.0192 e. The third kappa shape index (κ3) is 4.43. The molecule has 1 N–H and O–H groups in total. The second kappa shape index (κ2) is 7.24. The molecule has 1 heterocycles. The highest BCUT2D eigenvalue weighted by molar-refractivity contribution is 4.75. The summed E-state index contributed by atoms with van der Waals surface area (Å²) in [5.41, 5.74) is 0. The van der Waals surface area contributed by atoms with Crippen LogP contribution in [0.15, 0.2) is 0 Å². The molecular weight excluding hydrogens is 172 g/mol. The van der Waals surface area contributed by atoms with Crippen LogP contribution in [0.4, 0.5) is 0 Å². The van der Waals surface area contributed by atoms with Crippen molar-refractivity contribution in [3.63, 3.8) is 0 Å². The molecule has 0 aliphatic carbocycles. The van der Waals surface area contributed by atoms with E-state index in [2.05, 4.69) is 24.1 Å². The lowest BCUT2D eigenvalue weighted by atomic mass is 10.1. The maximum absolute atomic E-state index is 3.43. The number of hydrogen-bond acceptors (Lipinski definition) is 2. The van der Waals surface area contributed by atoms with Crippen molar-refractivity contribution in [3.05, 3.63) is 0 Å². The van der Waals surface area contributed by atoms with Crippen LogP contribution in [0.3, 0.4) is 0 Å². The molecule has 0 amide bonds. The van der Waals surface area contributed by atoms with Crippen LogP contribution in [0.2, 0.25) is 0 Å². The Kier molecular flexibility index (Phi) is 6.20. The van der Waals surface area contributed by atoms with Gasteiger partial charge in [-0.3, -0.25) is 4.90 Å². The summed E-state index contributed by atoms with van der Waals surface area (Å²) in [4.78, 5) is 2.63. The molecule has 0 radical (unpaired) electrons. The summed E-state index contributed by atoms with van der Waals surface area (Å²) < 4.78 is 0. The van der Waals surface area contributed by atoms with Gasteiger partial charge in [-0.05, 0) is 19.9 Å². The molecule has 1 aliphatic rings. The average molecular weight is 198 g/mol. The quantitative estimate of drug-likeness (QED) is 0.659. The first-order chi connectivity index (χ1) is 6.84. The van der Waals surface area contributed by atoms with Crippen molar-refractivity contribution in [1.82, 2.24) is 10.2 Å². The molecule has 0 aromatic heterocycles. The Morgan fingerprint density at radius 1 is 1.21 bits per heavy atom. The van der Waals surface area contributed by atoms with Crippen molar-refractivity contribution in [2.45, 2.75) is 52.0 Å². The molecule has 1 atom stereocenters. The van der Waals surface area contributed by atoms with E-state index in [0.717, 1.165) is 6.04 Å². The number of rotatable bonds is 6. The molecule has 1 fully saturated rings. The van der Waals surface area contributed by atoms with Gasteiger partial charge < -0.3 is 5.32 Å². The third-order valence-corrected chi connectivity index (χ3v) is 3.19. The molecule has 0 aromatic rings. The summed E-state index contributed by atoms with van der Waals surface area (Å²) in [7, 11) is 0. The Morgan fingerprint density at radius 2 is 2.00 bits per heavy atom. The Bertz CT molecular complexity index is 136. The fraction of sp³-hybridized carbons (Fsp3) is 1.00. The molecule has 1 aliphatic heterocycles. The second-order valence-corrected chi connectivity index (χ2v) is 4.50. The first-order valence-corrected chi connectivity index (χ1v) is 6.29. The zero-order valence-corrected chi connectivity index (χ0v) is 9.89. The van der Waals surface area contributed by atoms with E-state index in [1.54, 1.807) is 0 Å². The molecular formula is C12H26N2. The van der Waals surface area contributed by atoms with Crippen LogP contribution in [0.1, 0.15) is 46.0 Å². The van der Waals surface area contributed by atoms with Gasteiger partial charge >= 0.3 is 0 Å². The number of nitrogens with zero attached hydrogens (tertiary/aromatic N) is 1. The Morgan fingerprint density at radius 3 is 2.71 bits per heavy atom. The van der Waals surface area contributed by atoms with E-state index in [9.17, 15) is 0 Å². The number of nitrogens with one attached hydrogen (secondary N) is 1. The van der Waals surface area contributed by atoms with E-state index in [-0.39, 0.29) is 0 Å². The molecule has 1 rings (SSSR count). The molecule has 14 heavy (non-hydrogen) atoms. The predicted octanol–water partition coefficient (Wildman–Crippen LogP) is 2.25. The summed E-state index contributed by atoms with van der Waals surface area (Å²) in [5.74, 6) is 0. The van der Waals surface area contributed by atoms with Gasteiger partial charge in [-0.1, -0.05) is 32.6 Å². The highest BCUT2D eigenvalue weighted by Gasteiger charge is 2.16. The van der Waals surface area contributed by atoms with Crippen LogP contribution < -0.4 is 5.32 Å². The second-order valence-electron chi connectivity index (χ2n) is 4.50. The van der Waals surface area contributed by atoms with Gasteiger partial charge in [0.2, 0.25) is 0 Å². The molecule has 0 spiro atoms. The van der Waals surface area contributed by atoms with Crippen LogP contribution >= 0.6 is 0 Å². The Balaban J connectivity index is 1.99. The van der Waals surface area contributed by atoms with Gasteiger partial charge in [-0.2, -0.15) is 0 Å². The summed E-state index contributed by atoms with van der Waals surface area (Å²) >= 11 is 0. The number of hydrogen-bond donors (Lipinski definition) is 1. The fourth-order valence-corrected chi connectivity index (χ4v) is 2.13. The Labute approximate surface area is 89.1 Å². The SMILES string of the molecule is CCCCCCCN1CCNCC1C. The predicted molar refractivity (Wildman–Crippen MR) is 62.7 cm³/mol. The van der Waals surface area contributed by atoms with Crippen molar-refractivity contribution in [2.24, 2.45) is 0 Å². The molecule has 1 saturated heterocycles. The van der Waals surface area contributed by atoms with E-state index in [0.29, 0.717) is 0 Å². The molecule has 0 saturated carbocycles. The highest BCUT2D eigenvalue weighted by atomic mass is 15.2. The molecule has 84 valence electrons. The lowest BCUT2D eigenvalue weighted by Crippen LogP contribution is -2.49. The number of unbranched alkanes of at least 4 members (excludes halogenated alkanes) is 4. The largest absolute Gasteiger partial charge is 0.314 e. The molecule has 2 nitrogen and oxygen atoms in total. The van der Waals surface area contributed by atoms with Gasteiger partial charge in [0, 0.05) is 25.7 Å². The van der Waals surface area contributed by atoms with E-state index in [4.69, 9.17) is 0 Å². The van der Waals surface area contributed by atoms with E-state index in [1.165, 1.54) is 58.3 Å². The first-order valence-electron chi connectivity index (χ1n) is 6.29. The van der Waals surface area contributed by atoms with Crippen LogP contribution in [0.5, 0.6) is 0 Å². The standard InChI is InChI=1S/C12H26N2/c1-3-4-5-6-7-9-14-10-8-13-11-12(14)2/h12-13H,3-11H2,1-2H3. The van der Waals surface area contributed by atoms with Crippen molar-refractivity contribution in [2.75, 3.05) is 26.2 Å². The lowest BCUT2D eigenvalue weighted by molar-refractivity contribution is 0.170. The smallest absolute Gasteiger partial charge is 0.0192 e. The minimum absolute atomic E-state index is 0.745. The maximum atomic E-state index is 3.43. The first kappa shape index (κ1) is 12.0. The summed E-state index contributed by atoms with van der Waals surface area (Å²) in [5, 5.41) is 3.43. The zero-order valence-electron chi connectivity index (χ0n) is 9.89. The van der Waals surface area contributed by atoms with Crippen molar-refractivity contribution < 1.29 is 0 Å². The van der Waals surface area contributed by atoms with E-state index in [1.807, 2.05) is 0 Å². The Hall–Kier alpha value is -0.0800. The van der Waals surface area contributed by atoms with Crippen molar-refractivity contribution >= 4 is 0 Å². The van der Waals surface area contributed by atoms with Gasteiger partial charge in [-0.15, -0.1) is 0 Å². The van der Waals surface area contributed by atoms with Gasteiger partial charge in [0.25, 0.3) is 0 Å². The number of piperazine rings is 1. The van der Waals surface area contributed by atoms with Gasteiger partial charge in [0.1, 0.15) is 0 Å². The average Bonchev–Trinajstić information content (AvgIpc) is 2.20. The highest BCUT2D eigenvalue weighted by Crippen LogP contribution is 2.07. The van der Waals surface area contributed by atoms with Gasteiger partial charge in [-0.25, -0.2) is 0 Å². The summed E-state index contributed by atoms with van der Waals surface area (Å²) in [6.45, 7) is 9.52. The van der Waals surface area contributed by atoms with Crippen LogP contribution in [-0.4, -0.2) is 37.1 Å². The molecule has 2 heteroatoms. The normalized spacial score (nSPS) is 24.0. The minimum Gasteiger partial charge on any atom is -0.314 e.